The van der Waals surface area contributed by atoms with Gasteiger partial charge in [-0.25, -0.2) is 0 Å². The minimum atomic E-state index is -4.76. The standard InChI is InChI=1S/C10H6N2O6S2.ClH/c11-12-8-5-4-6-7(10(8)20(16,17)18)2-1-3-9(6)19(13,14)15;/h1-5H,(H-,13,14,15,16,17,18);1H. The number of hydrogen-bond donors (Lipinski definition) is 2. The zero-order valence-electron chi connectivity index (χ0n) is 10.0. The molecule has 0 aromatic heterocycles. The first-order chi connectivity index (χ1) is 9.16. The minimum absolute atomic E-state index is 0. The zero-order valence-corrected chi connectivity index (χ0v) is 12.4. The van der Waals surface area contributed by atoms with Crippen molar-refractivity contribution in [2.45, 2.75) is 9.79 Å². The molecule has 0 amide bonds. The summed E-state index contributed by atoms with van der Waals surface area (Å²) in [6, 6.07) is 5.62. The molecule has 112 valence electrons. The van der Waals surface area contributed by atoms with Gasteiger partial charge >= 0.3 is 15.8 Å². The molecule has 0 radical (unpaired) electrons. The van der Waals surface area contributed by atoms with Gasteiger partial charge in [0.05, 0.1) is 0 Å². The average Bonchev–Trinajstić information content (AvgIpc) is 2.34. The van der Waals surface area contributed by atoms with E-state index >= 15 is 0 Å². The van der Waals surface area contributed by atoms with E-state index < -0.39 is 35.7 Å². The third-order valence-electron chi connectivity index (χ3n) is 2.59. The third kappa shape index (κ3) is 3.12. The predicted octanol–water partition coefficient (Wildman–Crippen LogP) is -1.18. The topological polar surface area (TPSA) is 137 Å². The van der Waals surface area contributed by atoms with E-state index in [1.54, 1.807) is 0 Å². The average molecular weight is 351 g/mol. The maximum absolute atomic E-state index is 11.4. The molecule has 0 aliphatic rings. The molecule has 0 unspecified atom stereocenters. The molecule has 0 aliphatic heterocycles. The minimum Gasteiger partial charge on any atom is -1.00 e. The highest BCUT2D eigenvalue weighted by Crippen LogP contribution is 2.35. The summed E-state index contributed by atoms with van der Waals surface area (Å²) in [5.74, 6) is 0. The van der Waals surface area contributed by atoms with E-state index in [1.165, 1.54) is 12.1 Å². The van der Waals surface area contributed by atoms with Crippen molar-refractivity contribution in [1.82, 2.24) is 0 Å². The van der Waals surface area contributed by atoms with Gasteiger partial charge in [-0.2, -0.15) is 16.8 Å². The Morgan fingerprint density at radius 3 is 2.00 bits per heavy atom. The lowest BCUT2D eigenvalue weighted by molar-refractivity contribution is -0.0000125. The Kier molecular flexibility index (Phi) is 4.57. The molecule has 2 aromatic rings. The Labute approximate surface area is 125 Å². The maximum Gasteiger partial charge on any atom is 0.406 e. The molecule has 2 rings (SSSR count). The van der Waals surface area contributed by atoms with Gasteiger partial charge < -0.3 is 12.4 Å². The van der Waals surface area contributed by atoms with Gasteiger partial charge in [0.1, 0.15) is 4.90 Å². The quantitative estimate of drug-likeness (QED) is 0.513. The van der Waals surface area contributed by atoms with Crippen molar-refractivity contribution >= 4 is 36.7 Å². The number of benzene rings is 2. The molecule has 0 atom stereocenters. The van der Waals surface area contributed by atoms with Crippen molar-refractivity contribution < 1.29 is 38.3 Å². The molecular weight excluding hydrogens is 344 g/mol. The number of fused-ring (bicyclic) bond motifs is 1. The summed E-state index contributed by atoms with van der Waals surface area (Å²) in [5, 5.41) is 8.43. The normalized spacial score (nSPS) is 11.7. The van der Waals surface area contributed by atoms with Crippen LogP contribution >= 0.6 is 0 Å². The summed E-state index contributed by atoms with van der Waals surface area (Å²) in [6.07, 6.45) is 0. The summed E-state index contributed by atoms with van der Waals surface area (Å²) >= 11 is 0. The summed E-state index contributed by atoms with van der Waals surface area (Å²) in [7, 11) is -9.35. The summed E-state index contributed by atoms with van der Waals surface area (Å²) in [6.45, 7) is 0. The van der Waals surface area contributed by atoms with Crippen molar-refractivity contribution in [1.29, 1.82) is 5.39 Å². The smallest absolute Gasteiger partial charge is 0.406 e. The van der Waals surface area contributed by atoms with Crippen LogP contribution in [0.1, 0.15) is 0 Å². The molecule has 0 aliphatic carbocycles. The number of diazo groups is 1. The molecule has 0 bridgehead atoms. The Morgan fingerprint density at radius 2 is 1.52 bits per heavy atom. The van der Waals surface area contributed by atoms with Gasteiger partial charge in [0.2, 0.25) is 5.39 Å². The van der Waals surface area contributed by atoms with Gasteiger partial charge in [0.25, 0.3) is 10.1 Å². The molecule has 2 aromatic carbocycles. The van der Waals surface area contributed by atoms with E-state index in [2.05, 4.69) is 4.98 Å². The molecule has 0 saturated heterocycles. The zero-order chi connectivity index (χ0) is 15.1. The fraction of sp³-hybridized carbons (Fsp3) is 0. The number of halogens is 1. The van der Waals surface area contributed by atoms with E-state index in [4.69, 9.17) is 9.95 Å². The lowest BCUT2D eigenvalue weighted by atomic mass is 10.1. The SMILES string of the molecule is N#[N+]c1ccc2c(S(=O)(=O)O)cccc2c1S(=O)(=O)O.[Cl-]. The van der Waals surface area contributed by atoms with Crippen molar-refractivity contribution in [3.63, 3.8) is 0 Å². The van der Waals surface area contributed by atoms with E-state index in [-0.39, 0.29) is 23.2 Å². The number of hydrogen-bond acceptors (Lipinski definition) is 5. The van der Waals surface area contributed by atoms with Gasteiger partial charge in [0.15, 0.2) is 9.87 Å². The summed E-state index contributed by atoms with van der Waals surface area (Å²) < 4.78 is 63.5. The van der Waals surface area contributed by atoms with E-state index in [0.717, 1.165) is 18.2 Å². The van der Waals surface area contributed by atoms with Crippen molar-refractivity contribution in [3.8, 4) is 0 Å². The molecule has 0 saturated carbocycles. The molecule has 0 spiro atoms. The van der Waals surface area contributed by atoms with Crippen LogP contribution in [0.15, 0.2) is 40.1 Å². The van der Waals surface area contributed by atoms with Gasteiger partial charge in [-0.15, -0.1) is 0 Å². The Balaban J connectivity index is 0.00000220. The second-order valence-corrected chi connectivity index (χ2v) is 6.56. The van der Waals surface area contributed by atoms with Gasteiger partial charge in [-0.1, -0.05) is 12.1 Å². The fourth-order valence-electron chi connectivity index (χ4n) is 1.86. The molecule has 11 heteroatoms. The number of nitrogens with zero attached hydrogens (tertiary/aromatic N) is 2. The van der Waals surface area contributed by atoms with Crippen LogP contribution in [-0.4, -0.2) is 25.9 Å². The predicted molar refractivity (Wildman–Crippen MR) is 68.3 cm³/mol. The second-order valence-electron chi connectivity index (χ2n) is 3.82. The lowest BCUT2D eigenvalue weighted by Gasteiger charge is -2.05. The molecule has 0 heterocycles. The molecule has 2 N–H and O–H groups in total. The van der Waals surface area contributed by atoms with Crippen molar-refractivity contribution in [2.24, 2.45) is 0 Å². The largest absolute Gasteiger partial charge is 1.00 e. The first-order valence-electron chi connectivity index (χ1n) is 5.02. The first kappa shape index (κ1) is 17.3. The second kappa shape index (κ2) is 5.55. The Bertz CT molecular complexity index is 963. The van der Waals surface area contributed by atoms with E-state index in [0.29, 0.717) is 0 Å². The van der Waals surface area contributed by atoms with Crippen LogP contribution in [0.2, 0.25) is 0 Å². The van der Waals surface area contributed by atoms with Crippen molar-refractivity contribution in [3.05, 3.63) is 35.3 Å². The van der Waals surface area contributed by atoms with E-state index in [9.17, 15) is 21.4 Å². The molecule has 8 nitrogen and oxygen atoms in total. The third-order valence-corrected chi connectivity index (χ3v) is 4.45. The van der Waals surface area contributed by atoms with E-state index in [1.807, 2.05) is 0 Å². The van der Waals surface area contributed by atoms with Crippen LogP contribution in [0.5, 0.6) is 0 Å². The van der Waals surface area contributed by atoms with Crippen LogP contribution in [0.25, 0.3) is 15.7 Å². The Hall–Kier alpha value is -1.77. The van der Waals surface area contributed by atoms with Gasteiger partial charge in [-0.05, 0) is 12.1 Å². The summed E-state index contributed by atoms with van der Waals surface area (Å²) in [4.78, 5) is 1.46. The van der Waals surface area contributed by atoms with Crippen LogP contribution in [0.4, 0.5) is 5.69 Å². The van der Waals surface area contributed by atoms with Gasteiger partial charge in [0, 0.05) is 16.8 Å². The Morgan fingerprint density at radius 1 is 0.905 bits per heavy atom. The highest BCUT2D eigenvalue weighted by Gasteiger charge is 2.29. The van der Waals surface area contributed by atoms with Crippen LogP contribution < -0.4 is 12.4 Å². The van der Waals surface area contributed by atoms with Gasteiger partial charge in [-0.3, -0.25) is 9.11 Å². The monoisotopic (exact) mass is 350 g/mol. The molecule has 0 fully saturated rings. The highest BCUT2D eigenvalue weighted by molar-refractivity contribution is 7.86. The lowest BCUT2D eigenvalue weighted by Crippen LogP contribution is -3.00. The van der Waals surface area contributed by atoms with Crippen LogP contribution in [-0.2, 0) is 20.2 Å². The van der Waals surface area contributed by atoms with Crippen LogP contribution in [0.3, 0.4) is 0 Å². The highest BCUT2D eigenvalue weighted by atomic mass is 35.5. The maximum atomic E-state index is 11.4. The molecular formula is C10H7ClN2O6S2. The van der Waals surface area contributed by atoms with Crippen molar-refractivity contribution in [2.75, 3.05) is 0 Å². The first-order valence-corrected chi connectivity index (χ1v) is 7.90. The number of rotatable bonds is 2. The van der Waals surface area contributed by atoms with Crippen LogP contribution in [0, 0.1) is 5.39 Å². The summed E-state index contributed by atoms with van der Waals surface area (Å²) in [5.41, 5.74) is -0.451. The molecule has 21 heavy (non-hydrogen) atoms. The fourth-order valence-corrected chi connectivity index (χ4v) is 3.40.